The molecule has 2 aromatic heterocycles. The van der Waals surface area contributed by atoms with Gasteiger partial charge >= 0.3 is 0 Å². The molecule has 0 aliphatic carbocycles. The molecule has 27 heavy (non-hydrogen) atoms. The van der Waals surface area contributed by atoms with Crippen molar-refractivity contribution in [1.29, 1.82) is 0 Å². The Labute approximate surface area is 158 Å². The van der Waals surface area contributed by atoms with Crippen LogP contribution in [0.25, 0.3) is 11.4 Å². The smallest absolute Gasteiger partial charge is 0.161 e. The van der Waals surface area contributed by atoms with E-state index in [0.717, 1.165) is 11.4 Å². The lowest BCUT2D eigenvalue weighted by Crippen LogP contribution is -2.44. The molecule has 144 valence electrons. The van der Waals surface area contributed by atoms with Crippen LogP contribution in [0.5, 0.6) is 0 Å². The molecule has 0 bridgehead atoms. The standard InChI is InChI=1S/C18H23N5O3S/c1-12-11-26-7-6-23(12)17-10-14(15-3-2-8-27(15,24)25)21-18(22-17)13-4-5-20-16(19)9-13/h4-5,9-10,12,15H,2-3,6-8,11H2,1H3,(H2,19,20)/t12-,15?/m1/s1. The molecule has 0 spiro atoms. The van der Waals surface area contributed by atoms with Crippen LogP contribution in [0.3, 0.4) is 0 Å². The number of sulfone groups is 1. The Balaban J connectivity index is 1.83. The monoisotopic (exact) mass is 389 g/mol. The van der Waals surface area contributed by atoms with Crippen molar-refractivity contribution in [2.75, 3.05) is 36.1 Å². The molecule has 8 nitrogen and oxygen atoms in total. The van der Waals surface area contributed by atoms with Gasteiger partial charge in [-0.2, -0.15) is 0 Å². The Morgan fingerprint density at radius 2 is 2.15 bits per heavy atom. The fourth-order valence-corrected chi connectivity index (χ4v) is 5.54. The third kappa shape index (κ3) is 3.61. The number of hydrogen-bond acceptors (Lipinski definition) is 8. The van der Waals surface area contributed by atoms with E-state index in [1.54, 1.807) is 18.3 Å². The highest BCUT2D eigenvalue weighted by Crippen LogP contribution is 2.36. The number of morpholine rings is 1. The minimum Gasteiger partial charge on any atom is -0.384 e. The van der Waals surface area contributed by atoms with Gasteiger partial charge in [-0.3, -0.25) is 0 Å². The second-order valence-electron chi connectivity index (χ2n) is 7.06. The summed E-state index contributed by atoms with van der Waals surface area (Å²) in [4.78, 5) is 15.5. The SMILES string of the molecule is C[C@@H]1COCCN1c1cc(C2CCCS2(=O)=O)nc(-c2ccnc(N)c2)n1. The quantitative estimate of drug-likeness (QED) is 0.842. The lowest BCUT2D eigenvalue weighted by atomic mass is 10.1. The zero-order valence-corrected chi connectivity index (χ0v) is 16.0. The van der Waals surface area contributed by atoms with Gasteiger partial charge in [-0.25, -0.2) is 23.4 Å². The van der Waals surface area contributed by atoms with Crippen LogP contribution in [0.2, 0.25) is 0 Å². The average Bonchev–Trinajstić information content (AvgIpc) is 3.01. The Morgan fingerprint density at radius 3 is 2.85 bits per heavy atom. The summed E-state index contributed by atoms with van der Waals surface area (Å²) in [5.74, 6) is 1.78. The van der Waals surface area contributed by atoms with Crippen molar-refractivity contribution in [1.82, 2.24) is 15.0 Å². The third-order valence-electron chi connectivity index (χ3n) is 5.09. The first-order valence-electron chi connectivity index (χ1n) is 9.11. The zero-order valence-electron chi connectivity index (χ0n) is 15.2. The van der Waals surface area contributed by atoms with Gasteiger partial charge in [0, 0.05) is 24.4 Å². The van der Waals surface area contributed by atoms with E-state index in [4.69, 9.17) is 15.5 Å². The van der Waals surface area contributed by atoms with Crippen LogP contribution in [0.4, 0.5) is 11.6 Å². The van der Waals surface area contributed by atoms with Crippen molar-refractivity contribution >= 4 is 21.5 Å². The molecule has 2 aliphatic rings. The number of nitrogens with zero attached hydrogens (tertiary/aromatic N) is 4. The molecule has 4 rings (SSSR count). The largest absolute Gasteiger partial charge is 0.384 e. The summed E-state index contributed by atoms with van der Waals surface area (Å²) in [6.45, 7) is 3.99. The highest BCUT2D eigenvalue weighted by molar-refractivity contribution is 7.91. The predicted octanol–water partition coefficient (Wildman–Crippen LogP) is 1.60. The van der Waals surface area contributed by atoms with Crippen molar-refractivity contribution in [3.63, 3.8) is 0 Å². The molecule has 0 aromatic carbocycles. The second-order valence-corrected chi connectivity index (χ2v) is 9.36. The Kier molecular flexibility index (Phi) is 4.73. The first-order valence-corrected chi connectivity index (χ1v) is 10.8. The highest BCUT2D eigenvalue weighted by Gasteiger charge is 2.35. The average molecular weight is 389 g/mol. The van der Waals surface area contributed by atoms with Crippen LogP contribution in [-0.2, 0) is 14.6 Å². The molecule has 2 N–H and O–H groups in total. The van der Waals surface area contributed by atoms with E-state index in [1.807, 2.05) is 6.07 Å². The molecule has 4 heterocycles. The Morgan fingerprint density at radius 1 is 1.30 bits per heavy atom. The number of anilines is 2. The van der Waals surface area contributed by atoms with Crippen LogP contribution in [0.1, 0.15) is 30.7 Å². The molecule has 2 atom stereocenters. The van der Waals surface area contributed by atoms with Crippen molar-refractivity contribution in [2.45, 2.75) is 31.1 Å². The summed E-state index contributed by atoms with van der Waals surface area (Å²) in [6.07, 6.45) is 2.86. The number of aromatic nitrogens is 3. The molecule has 0 radical (unpaired) electrons. The molecule has 2 aliphatic heterocycles. The van der Waals surface area contributed by atoms with Gasteiger partial charge in [-0.1, -0.05) is 0 Å². The fraction of sp³-hybridized carbons (Fsp3) is 0.500. The maximum atomic E-state index is 12.5. The summed E-state index contributed by atoms with van der Waals surface area (Å²) in [7, 11) is -3.18. The highest BCUT2D eigenvalue weighted by atomic mass is 32.2. The molecule has 2 aromatic rings. The zero-order chi connectivity index (χ0) is 19.0. The number of nitrogens with two attached hydrogens (primary N) is 1. The molecule has 1 unspecified atom stereocenters. The minimum absolute atomic E-state index is 0.150. The Hall–Kier alpha value is -2.26. The summed E-state index contributed by atoms with van der Waals surface area (Å²) in [5.41, 5.74) is 7.09. The third-order valence-corrected chi connectivity index (χ3v) is 7.29. The number of rotatable bonds is 3. The first-order chi connectivity index (χ1) is 12.9. The summed E-state index contributed by atoms with van der Waals surface area (Å²) in [5, 5.41) is -0.575. The van der Waals surface area contributed by atoms with Gasteiger partial charge in [0.15, 0.2) is 15.7 Å². The maximum absolute atomic E-state index is 12.5. The Bertz CT molecular complexity index is 950. The molecule has 2 fully saturated rings. The van der Waals surface area contributed by atoms with Crippen molar-refractivity contribution in [3.05, 3.63) is 30.1 Å². The van der Waals surface area contributed by atoms with E-state index in [9.17, 15) is 8.42 Å². The molecular formula is C18H23N5O3S. The minimum atomic E-state index is -3.18. The van der Waals surface area contributed by atoms with Crippen LogP contribution in [0, 0.1) is 0 Å². The number of pyridine rings is 1. The second kappa shape index (κ2) is 7.05. The number of ether oxygens (including phenoxy) is 1. The van der Waals surface area contributed by atoms with E-state index in [-0.39, 0.29) is 11.8 Å². The van der Waals surface area contributed by atoms with E-state index in [0.29, 0.717) is 49.9 Å². The van der Waals surface area contributed by atoms with Gasteiger partial charge < -0.3 is 15.4 Å². The van der Waals surface area contributed by atoms with Gasteiger partial charge in [-0.05, 0) is 31.9 Å². The fourth-order valence-electron chi connectivity index (χ4n) is 3.67. The van der Waals surface area contributed by atoms with Crippen LogP contribution >= 0.6 is 0 Å². The van der Waals surface area contributed by atoms with Gasteiger partial charge in [0.1, 0.15) is 16.9 Å². The van der Waals surface area contributed by atoms with Crippen molar-refractivity contribution in [3.8, 4) is 11.4 Å². The molecule has 9 heteroatoms. The number of nitrogen functional groups attached to an aromatic ring is 1. The van der Waals surface area contributed by atoms with Crippen LogP contribution < -0.4 is 10.6 Å². The van der Waals surface area contributed by atoms with Gasteiger partial charge in [0.2, 0.25) is 0 Å². The molecule has 2 saturated heterocycles. The topological polar surface area (TPSA) is 111 Å². The summed E-state index contributed by atoms with van der Waals surface area (Å²) in [6, 6.07) is 5.46. The lowest BCUT2D eigenvalue weighted by Gasteiger charge is -2.34. The van der Waals surface area contributed by atoms with Crippen LogP contribution in [0.15, 0.2) is 24.4 Å². The normalized spacial score (nSPS) is 24.9. The first kappa shape index (κ1) is 18.1. The van der Waals surface area contributed by atoms with Crippen LogP contribution in [-0.4, -0.2) is 54.9 Å². The summed E-state index contributed by atoms with van der Waals surface area (Å²) >= 11 is 0. The lowest BCUT2D eigenvalue weighted by molar-refractivity contribution is 0.0985. The predicted molar refractivity (Wildman–Crippen MR) is 103 cm³/mol. The molecule has 0 amide bonds. The van der Waals surface area contributed by atoms with E-state index in [1.165, 1.54) is 0 Å². The molecular weight excluding hydrogens is 366 g/mol. The van der Waals surface area contributed by atoms with Gasteiger partial charge in [-0.15, -0.1) is 0 Å². The van der Waals surface area contributed by atoms with E-state index >= 15 is 0 Å². The summed E-state index contributed by atoms with van der Waals surface area (Å²) < 4.78 is 30.5. The maximum Gasteiger partial charge on any atom is 0.161 e. The number of hydrogen-bond donors (Lipinski definition) is 1. The van der Waals surface area contributed by atoms with Gasteiger partial charge in [0.25, 0.3) is 0 Å². The van der Waals surface area contributed by atoms with Crippen molar-refractivity contribution in [2.24, 2.45) is 0 Å². The van der Waals surface area contributed by atoms with E-state index < -0.39 is 15.1 Å². The van der Waals surface area contributed by atoms with Crippen molar-refractivity contribution < 1.29 is 13.2 Å². The molecule has 0 saturated carbocycles. The van der Waals surface area contributed by atoms with Gasteiger partial charge in [0.05, 0.1) is 30.7 Å². The van der Waals surface area contributed by atoms with E-state index in [2.05, 4.69) is 21.8 Å².